The number of carbonyl (C=O) groups is 1. The zero-order valence-corrected chi connectivity index (χ0v) is 21.6. The van der Waals surface area contributed by atoms with Crippen molar-refractivity contribution in [3.8, 4) is 11.5 Å². The lowest BCUT2D eigenvalue weighted by molar-refractivity contribution is 0.0997. The van der Waals surface area contributed by atoms with E-state index in [9.17, 15) is 13.2 Å². The van der Waals surface area contributed by atoms with Gasteiger partial charge >= 0.3 is 0 Å². The molecule has 1 N–H and O–H groups in total. The SMILES string of the molecule is COCCn1c(=NC(=O)c2cccc(NS(=O)(=O)c3ccccc3)c2)sc2cc(OC)c(OC)cc21. The molecule has 1 heterocycles. The van der Waals surface area contributed by atoms with Crippen LogP contribution in [0.4, 0.5) is 5.69 Å². The fourth-order valence-corrected chi connectivity index (χ4v) is 5.70. The van der Waals surface area contributed by atoms with E-state index in [0.717, 1.165) is 10.2 Å². The number of hydrogen-bond acceptors (Lipinski definition) is 7. The highest BCUT2D eigenvalue weighted by molar-refractivity contribution is 7.92. The van der Waals surface area contributed by atoms with Crippen LogP contribution >= 0.6 is 11.3 Å². The standard InChI is InChI=1S/C25H25N3O6S2/c1-32-13-12-28-20-15-21(33-2)22(34-3)16-23(20)35-25(28)26-24(29)17-8-7-9-18(14-17)27-36(30,31)19-10-5-4-6-11-19/h4-11,14-16,27H,12-13H2,1-3H3. The van der Waals surface area contributed by atoms with Crippen LogP contribution in [-0.2, 0) is 21.3 Å². The summed E-state index contributed by atoms with van der Waals surface area (Å²) in [4.78, 5) is 18.1. The number of nitrogens with zero attached hydrogens (tertiary/aromatic N) is 2. The first-order valence-electron chi connectivity index (χ1n) is 10.9. The number of rotatable bonds is 9. The Morgan fingerprint density at radius 1 is 0.972 bits per heavy atom. The molecule has 0 saturated heterocycles. The number of benzene rings is 3. The third kappa shape index (κ3) is 5.43. The number of hydrogen-bond donors (Lipinski definition) is 1. The fraction of sp³-hybridized carbons (Fsp3) is 0.200. The second-order valence-electron chi connectivity index (χ2n) is 7.62. The molecule has 1 aromatic heterocycles. The number of methoxy groups -OCH3 is 3. The first-order chi connectivity index (χ1) is 17.4. The topological polar surface area (TPSA) is 108 Å². The van der Waals surface area contributed by atoms with Crippen LogP contribution in [0.15, 0.2) is 76.6 Å². The van der Waals surface area contributed by atoms with E-state index in [1.54, 1.807) is 57.7 Å². The Hall–Kier alpha value is -3.67. The summed E-state index contributed by atoms with van der Waals surface area (Å²) in [5, 5.41) is 0. The zero-order valence-electron chi connectivity index (χ0n) is 19.9. The number of sulfonamides is 1. The van der Waals surface area contributed by atoms with Gasteiger partial charge in [-0.05, 0) is 30.3 Å². The van der Waals surface area contributed by atoms with Crippen LogP contribution in [-0.4, -0.2) is 46.8 Å². The minimum Gasteiger partial charge on any atom is -0.493 e. The number of ether oxygens (including phenoxy) is 3. The number of carbonyl (C=O) groups excluding carboxylic acids is 1. The summed E-state index contributed by atoms with van der Waals surface area (Å²) in [6.45, 7) is 0.882. The Balaban J connectivity index is 1.71. The van der Waals surface area contributed by atoms with Crippen LogP contribution in [0, 0.1) is 0 Å². The van der Waals surface area contributed by atoms with E-state index in [-0.39, 0.29) is 16.1 Å². The summed E-state index contributed by atoms with van der Waals surface area (Å²) < 4.78 is 46.7. The maximum atomic E-state index is 13.1. The van der Waals surface area contributed by atoms with E-state index in [2.05, 4.69) is 9.71 Å². The fourth-order valence-electron chi connectivity index (χ4n) is 3.56. The number of amides is 1. The van der Waals surface area contributed by atoms with Gasteiger partial charge in [0.1, 0.15) is 0 Å². The third-order valence-corrected chi connectivity index (χ3v) is 7.76. The molecular formula is C25H25N3O6S2. The molecule has 36 heavy (non-hydrogen) atoms. The maximum absolute atomic E-state index is 13.1. The largest absolute Gasteiger partial charge is 0.493 e. The van der Waals surface area contributed by atoms with Crippen LogP contribution in [0.1, 0.15) is 10.4 Å². The number of aromatic nitrogens is 1. The number of thiazole rings is 1. The monoisotopic (exact) mass is 527 g/mol. The van der Waals surface area contributed by atoms with E-state index in [0.29, 0.717) is 29.5 Å². The van der Waals surface area contributed by atoms with Crippen molar-refractivity contribution < 1.29 is 27.4 Å². The number of fused-ring (bicyclic) bond motifs is 1. The second-order valence-corrected chi connectivity index (χ2v) is 10.3. The molecule has 0 atom stereocenters. The predicted molar refractivity (Wildman–Crippen MR) is 138 cm³/mol. The molecule has 0 unspecified atom stereocenters. The van der Waals surface area contributed by atoms with Gasteiger partial charge in [-0.3, -0.25) is 9.52 Å². The molecule has 0 aliphatic carbocycles. The van der Waals surface area contributed by atoms with Gasteiger partial charge in [0.2, 0.25) is 0 Å². The van der Waals surface area contributed by atoms with Crippen LogP contribution in [0.3, 0.4) is 0 Å². The highest BCUT2D eigenvalue weighted by Crippen LogP contribution is 2.33. The lowest BCUT2D eigenvalue weighted by atomic mass is 10.2. The Kier molecular flexibility index (Phi) is 7.73. The molecule has 0 aliphatic rings. The lowest BCUT2D eigenvalue weighted by Crippen LogP contribution is -2.19. The quantitative estimate of drug-likeness (QED) is 0.354. The average Bonchev–Trinajstić information content (AvgIpc) is 3.22. The minimum atomic E-state index is -3.79. The third-order valence-electron chi connectivity index (χ3n) is 5.32. The molecule has 4 aromatic rings. The van der Waals surface area contributed by atoms with Crippen LogP contribution in [0.5, 0.6) is 11.5 Å². The average molecular weight is 528 g/mol. The molecule has 4 rings (SSSR count). The van der Waals surface area contributed by atoms with Crippen LogP contribution in [0.2, 0.25) is 0 Å². The molecule has 1 amide bonds. The zero-order chi connectivity index (χ0) is 25.7. The first kappa shape index (κ1) is 25.4. The Morgan fingerprint density at radius 3 is 2.39 bits per heavy atom. The molecular weight excluding hydrogens is 502 g/mol. The van der Waals surface area contributed by atoms with Gasteiger partial charge in [0.05, 0.1) is 35.9 Å². The van der Waals surface area contributed by atoms with Crippen molar-refractivity contribution in [2.45, 2.75) is 11.4 Å². The van der Waals surface area contributed by atoms with E-state index < -0.39 is 15.9 Å². The van der Waals surface area contributed by atoms with Gasteiger partial charge in [-0.25, -0.2) is 8.42 Å². The van der Waals surface area contributed by atoms with Gasteiger partial charge in [0.25, 0.3) is 15.9 Å². The summed E-state index contributed by atoms with van der Waals surface area (Å²) in [6, 6.07) is 17.9. The Morgan fingerprint density at radius 2 is 1.69 bits per heavy atom. The molecule has 0 radical (unpaired) electrons. The molecule has 3 aromatic carbocycles. The second kappa shape index (κ2) is 10.9. The van der Waals surface area contributed by atoms with Crippen molar-refractivity contribution in [1.29, 1.82) is 0 Å². The molecule has 0 saturated carbocycles. The Bertz CT molecular complexity index is 1560. The highest BCUT2D eigenvalue weighted by atomic mass is 32.2. The molecule has 0 spiro atoms. The van der Waals surface area contributed by atoms with Crippen molar-refractivity contribution in [2.75, 3.05) is 32.7 Å². The molecule has 0 fully saturated rings. The smallest absolute Gasteiger partial charge is 0.279 e. The van der Waals surface area contributed by atoms with E-state index in [1.165, 1.54) is 29.5 Å². The molecule has 9 nitrogen and oxygen atoms in total. The van der Waals surface area contributed by atoms with Gasteiger partial charge in [0, 0.05) is 37.0 Å². The van der Waals surface area contributed by atoms with Crippen molar-refractivity contribution in [3.63, 3.8) is 0 Å². The predicted octanol–water partition coefficient (Wildman–Crippen LogP) is 3.91. The van der Waals surface area contributed by atoms with Crippen molar-refractivity contribution in [3.05, 3.63) is 77.1 Å². The van der Waals surface area contributed by atoms with E-state index in [1.807, 2.05) is 16.7 Å². The number of anilines is 1. The molecule has 188 valence electrons. The minimum absolute atomic E-state index is 0.127. The molecule has 0 bridgehead atoms. The summed E-state index contributed by atoms with van der Waals surface area (Å²) in [5.74, 6) is 0.624. The highest BCUT2D eigenvalue weighted by Gasteiger charge is 2.16. The lowest BCUT2D eigenvalue weighted by Gasteiger charge is -2.09. The van der Waals surface area contributed by atoms with Crippen molar-refractivity contribution in [1.82, 2.24) is 4.57 Å². The summed E-state index contributed by atoms with van der Waals surface area (Å²) in [7, 11) is 0.925. The van der Waals surface area contributed by atoms with E-state index >= 15 is 0 Å². The van der Waals surface area contributed by atoms with Gasteiger partial charge in [0.15, 0.2) is 16.3 Å². The van der Waals surface area contributed by atoms with Crippen LogP contribution < -0.4 is 19.0 Å². The van der Waals surface area contributed by atoms with Gasteiger partial charge in [-0.15, -0.1) is 0 Å². The summed E-state index contributed by atoms with van der Waals surface area (Å²) in [6.07, 6.45) is 0. The maximum Gasteiger partial charge on any atom is 0.279 e. The van der Waals surface area contributed by atoms with Gasteiger partial charge in [-0.2, -0.15) is 4.99 Å². The van der Waals surface area contributed by atoms with Crippen molar-refractivity contribution >= 4 is 43.2 Å². The van der Waals surface area contributed by atoms with Crippen molar-refractivity contribution in [2.24, 2.45) is 4.99 Å². The van der Waals surface area contributed by atoms with Crippen LogP contribution in [0.25, 0.3) is 10.2 Å². The molecule has 11 heteroatoms. The molecule has 0 aliphatic heterocycles. The normalized spacial score (nSPS) is 12.0. The van der Waals surface area contributed by atoms with Gasteiger partial charge in [-0.1, -0.05) is 35.6 Å². The summed E-state index contributed by atoms with van der Waals surface area (Å²) >= 11 is 1.33. The first-order valence-corrected chi connectivity index (χ1v) is 13.2. The Labute approximate surface area is 212 Å². The summed E-state index contributed by atoms with van der Waals surface area (Å²) in [5.41, 5.74) is 1.33. The number of nitrogens with one attached hydrogen (secondary N) is 1. The van der Waals surface area contributed by atoms with Gasteiger partial charge < -0.3 is 18.8 Å². The van der Waals surface area contributed by atoms with E-state index in [4.69, 9.17) is 14.2 Å².